The first-order valence-corrected chi connectivity index (χ1v) is 6.59. The molecule has 0 saturated heterocycles. The molecule has 3 atom stereocenters. The Morgan fingerprint density at radius 2 is 2.23 bits per heavy atom. The lowest BCUT2D eigenvalue weighted by atomic mass is 9.91. The highest BCUT2D eigenvalue weighted by atomic mass is 32.2. The number of rotatable bonds is 4. The Bertz CT molecular complexity index is 138. The highest BCUT2D eigenvalue weighted by Crippen LogP contribution is 2.32. The normalized spacial score (nSPS) is 31.6. The molecule has 1 aliphatic carbocycles. The van der Waals surface area contributed by atoms with Crippen molar-refractivity contribution >= 4 is 11.8 Å². The molecule has 78 valence electrons. The van der Waals surface area contributed by atoms with E-state index in [4.69, 9.17) is 5.73 Å². The van der Waals surface area contributed by atoms with Crippen molar-refractivity contribution < 1.29 is 0 Å². The van der Waals surface area contributed by atoms with Crippen LogP contribution < -0.4 is 5.73 Å². The van der Waals surface area contributed by atoms with E-state index in [1.54, 1.807) is 0 Å². The Balaban J connectivity index is 2.13. The molecule has 2 heteroatoms. The maximum absolute atomic E-state index is 5.60. The summed E-state index contributed by atoms with van der Waals surface area (Å²) in [6, 6.07) is 0. The zero-order valence-corrected chi connectivity index (χ0v) is 9.78. The molecule has 0 aromatic rings. The van der Waals surface area contributed by atoms with Crippen molar-refractivity contribution in [3.8, 4) is 0 Å². The lowest BCUT2D eigenvalue weighted by Crippen LogP contribution is -2.19. The van der Waals surface area contributed by atoms with Gasteiger partial charge in [0.25, 0.3) is 0 Å². The minimum Gasteiger partial charge on any atom is -0.330 e. The van der Waals surface area contributed by atoms with Crippen molar-refractivity contribution in [1.29, 1.82) is 0 Å². The van der Waals surface area contributed by atoms with Crippen LogP contribution in [0, 0.1) is 11.8 Å². The van der Waals surface area contributed by atoms with Gasteiger partial charge in [0.2, 0.25) is 0 Å². The van der Waals surface area contributed by atoms with Crippen LogP contribution in [-0.2, 0) is 0 Å². The average Bonchev–Trinajstić information content (AvgIpc) is 2.14. The van der Waals surface area contributed by atoms with Crippen molar-refractivity contribution in [2.45, 2.75) is 44.8 Å². The molecule has 1 aliphatic rings. The SMILES string of the molecule is CC(CN)CSC1CCCC(C)C1. The third-order valence-electron chi connectivity index (χ3n) is 2.91. The molecule has 0 aromatic heterocycles. The van der Waals surface area contributed by atoms with Crippen LogP contribution >= 0.6 is 11.8 Å². The van der Waals surface area contributed by atoms with E-state index in [1.165, 1.54) is 31.4 Å². The van der Waals surface area contributed by atoms with Crippen LogP contribution in [0.15, 0.2) is 0 Å². The van der Waals surface area contributed by atoms with Gasteiger partial charge in [-0.25, -0.2) is 0 Å². The van der Waals surface area contributed by atoms with Gasteiger partial charge in [0.15, 0.2) is 0 Å². The summed E-state index contributed by atoms with van der Waals surface area (Å²) in [5, 5.41) is 0.928. The second kappa shape index (κ2) is 5.92. The van der Waals surface area contributed by atoms with E-state index in [1.807, 2.05) is 0 Å². The molecule has 1 nitrogen and oxygen atoms in total. The van der Waals surface area contributed by atoms with E-state index in [9.17, 15) is 0 Å². The zero-order chi connectivity index (χ0) is 9.68. The second-order valence-electron chi connectivity index (χ2n) is 4.57. The molecule has 1 rings (SSSR count). The number of hydrogen-bond donors (Lipinski definition) is 1. The second-order valence-corrected chi connectivity index (χ2v) is 5.90. The quantitative estimate of drug-likeness (QED) is 0.757. The minimum absolute atomic E-state index is 0.697. The topological polar surface area (TPSA) is 26.0 Å². The first-order valence-electron chi connectivity index (χ1n) is 5.54. The van der Waals surface area contributed by atoms with Gasteiger partial charge >= 0.3 is 0 Å². The molecular weight excluding hydrogens is 178 g/mol. The molecular formula is C11H23NS. The van der Waals surface area contributed by atoms with Crippen molar-refractivity contribution in [2.75, 3.05) is 12.3 Å². The fourth-order valence-electron chi connectivity index (χ4n) is 1.90. The van der Waals surface area contributed by atoms with Gasteiger partial charge in [-0.2, -0.15) is 11.8 Å². The summed E-state index contributed by atoms with van der Waals surface area (Å²) in [5.74, 6) is 2.91. The monoisotopic (exact) mass is 201 g/mol. The van der Waals surface area contributed by atoms with E-state index in [-0.39, 0.29) is 0 Å². The summed E-state index contributed by atoms with van der Waals surface area (Å²) in [6.45, 7) is 5.48. The van der Waals surface area contributed by atoms with Gasteiger partial charge in [-0.1, -0.05) is 26.7 Å². The van der Waals surface area contributed by atoms with Crippen LogP contribution in [-0.4, -0.2) is 17.5 Å². The Morgan fingerprint density at radius 3 is 2.85 bits per heavy atom. The Morgan fingerprint density at radius 1 is 1.46 bits per heavy atom. The van der Waals surface area contributed by atoms with Gasteiger partial charge in [0.1, 0.15) is 0 Å². The number of thioether (sulfide) groups is 1. The van der Waals surface area contributed by atoms with E-state index < -0.39 is 0 Å². The molecule has 0 amide bonds. The van der Waals surface area contributed by atoms with E-state index in [2.05, 4.69) is 25.6 Å². The third kappa shape index (κ3) is 4.37. The lowest BCUT2D eigenvalue weighted by Gasteiger charge is -2.26. The van der Waals surface area contributed by atoms with Gasteiger partial charge in [0.05, 0.1) is 0 Å². The van der Waals surface area contributed by atoms with Crippen LogP contribution in [0.25, 0.3) is 0 Å². The summed E-state index contributed by atoms with van der Waals surface area (Å²) < 4.78 is 0. The van der Waals surface area contributed by atoms with Crippen molar-refractivity contribution in [3.05, 3.63) is 0 Å². The molecule has 0 spiro atoms. The zero-order valence-electron chi connectivity index (χ0n) is 8.96. The standard InChI is InChI=1S/C11H23NS/c1-9-4-3-5-11(6-9)13-8-10(2)7-12/h9-11H,3-8,12H2,1-2H3. The fraction of sp³-hybridized carbons (Fsp3) is 1.00. The molecule has 0 heterocycles. The van der Waals surface area contributed by atoms with Gasteiger partial charge in [-0.05, 0) is 37.0 Å². The highest BCUT2D eigenvalue weighted by molar-refractivity contribution is 7.99. The molecule has 0 aromatic carbocycles. The summed E-state index contributed by atoms with van der Waals surface area (Å²) in [5.41, 5.74) is 5.60. The van der Waals surface area contributed by atoms with Crippen molar-refractivity contribution in [3.63, 3.8) is 0 Å². The van der Waals surface area contributed by atoms with Crippen LogP contribution in [0.3, 0.4) is 0 Å². The minimum atomic E-state index is 0.697. The molecule has 3 unspecified atom stereocenters. The molecule has 0 radical (unpaired) electrons. The Kier molecular flexibility index (Phi) is 5.18. The largest absolute Gasteiger partial charge is 0.330 e. The Hall–Kier alpha value is 0.310. The summed E-state index contributed by atoms with van der Waals surface area (Å²) in [6.07, 6.45) is 5.76. The molecule has 13 heavy (non-hydrogen) atoms. The summed E-state index contributed by atoms with van der Waals surface area (Å²) in [7, 11) is 0. The first kappa shape index (κ1) is 11.4. The Labute approximate surface area is 86.8 Å². The van der Waals surface area contributed by atoms with Crippen LogP contribution in [0.2, 0.25) is 0 Å². The average molecular weight is 201 g/mol. The van der Waals surface area contributed by atoms with Crippen LogP contribution in [0.5, 0.6) is 0 Å². The van der Waals surface area contributed by atoms with E-state index >= 15 is 0 Å². The van der Waals surface area contributed by atoms with E-state index in [0.717, 1.165) is 17.7 Å². The maximum Gasteiger partial charge on any atom is 0.00497 e. The van der Waals surface area contributed by atoms with Gasteiger partial charge in [-0.3, -0.25) is 0 Å². The van der Waals surface area contributed by atoms with E-state index in [0.29, 0.717) is 5.92 Å². The summed E-state index contributed by atoms with van der Waals surface area (Å²) >= 11 is 2.15. The molecule has 1 saturated carbocycles. The van der Waals surface area contributed by atoms with Gasteiger partial charge in [-0.15, -0.1) is 0 Å². The van der Waals surface area contributed by atoms with Crippen LogP contribution in [0.1, 0.15) is 39.5 Å². The predicted molar refractivity (Wildman–Crippen MR) is 62.1 cm³/mol. The predicted octanol–water partition coefficient (Wildman–Crippen LogP) is 2.89. The van der Waals surface area contributed by atoms with Crippen LogP contribution in [0.4, 0.5) is 0 Å². The first-order chi connectivity index (χ1) is 6.22. The maximum atomic E-state index is 5.60. The van der Waals surface area contributed by atoms with Gasteiger partial charge in [0, 0.05) is 5.25 Å². The highest BCUT2D eigenvalue weighted by Gasteiger charge is 2.19. The molecule has 2 N–H and O–H groups in total. The molecule has 0 bridgehead atoms. The van der Waals surface area contributed by atoms with Crippen molar-refractivity contribution in [2.24, 2.45) is 17.6 Å². The number of hydrogen-bond acceptors (Lipinski definition) is 2. The third-order valence-corrected chi connectivity index (χ3v) is 4.57. The lowest BCUT2D eigenvalue weighted by molar-refractivity contribution is 0.394. The van der Waals surface area contributed by atoms with Crippen molar-refractivity contribution in [1.82, 2.24) is 0 Å². The molecule has 0 aliphatic heterocycles. The van der Waals surface area contributed by atoms with Gasteiger partial charge < -0.3 is 5.73 Å². The number of nitrogens with two attached hydrogens (primary N) is 1. The smallest absolute Gasteiger partial charge is 0.00497 e. The fourth-order valence-corrected chi connectivity index (χ4v) is 3.43. The molecule has 1 fully saturated rings. The summed E-state index contributed by atoms with van der Waals surface area (Å²) in [4.78, 5) is 0.